The second-order valence-corrected chi connectivity index (χ2v) is 4.71. The molecule has 0 aromatic carbocycles. The van der Waals surface area contributed by atoms with E-state index in [9.17, 15) is 9.59 Å². The molecule has 1 heterocycles. The van der Waals surface area contributed by atoms with E-state index in [2.05, 4.69) is 4.98 Å². The Hall–Kier alpha value is -1.85. The van der Waals surface area contributed by atoms with E-state index in [-0.39, 0.29) is 11.9 Å². The van der Waals surface area contributed by atoms with Crippen LogP contribution in [-0.2, 0) is 23.2 Å². The molecule has 2 rings (SSSR count). The minimum Gasteiger partial charge on any atom is -0.481 e. The number of amides is 1. The SMILES string of the molecule is CC(C(=O)O)C(=O)N(Cc1nccn1C)C1CC1. The quantitative estimate of drug-likeness (QED) is 0.779. The summed E-state index contributed by atoms with van der Waals surface area (Å²) < 4.78 is 1.84. The van der Waals surface area contributed by atoms with E-state index in [4.69, 9.17) is 5.11 Å². The molecule has 1 aromatic heterocycles. The van der Waals surface area contributed by atoms with E-state index in [1.807, 2.05) is 17.8 Å². The van der Waals surface area contributed by atoms with Crippen LogP contribution in [0.1, 0.15) is 25.6 Å². The van der Waals surface area contributed by atoms with Crippen molar-refractivity contribution in [2.24, 2.45) is 13.0 Å². The van der Waals surface area contributed by atoms with Crippen molar-refractivity contribution in [1.82, 2.24) is 14.5 Å². The molecule has 1 atom stereocenters. The fourth-order valence-electron chi connectivity index (χ4n) is 1.83. The Bertz CT molecular complexity index is 465. The third kappa shape index (κ3) is 2.52. The number of hydrogen-bond acceptors (Lipinski definition) is 3. The first-order chi connectivity index (χ1) is 8.50. The summed E-state index contributed by atoms with van der Waals surface area (Å²) in [6, 6.07) is 0.177. The molecule has 1 amide bonds. The summed E-state index contributed by atoms with van der Waals surface area (Å²) in [5, 5.41) is 8.92. The number of imidazole rings is 1. The summed E-state index contributed by atoms with van der Waals surface area (Å²) in [5.74, 6) is -1.63. The molecule has 1 saturated carbocycles. The maximum atomic E-state index is 12.1. The van der Waals surface area contributed by atoms with Gasteiger partial charge in [-0.15, -0.1) is 0 Å². The number of aryl methyl sites for hydroxylation is 1. The molecule has 1 aliphatic rings. The van der Waals surface area contributed by atoms with Crippen LogP contribution in [0, 0.1) is 5.92 Å². The largest absolute Gasteiger partial charge is 0.481 e. The Morgan fingerprint density at radius 2 is 2.28 bits per heavy atom. The van der Waals surface area contributed by atoms with Crippen LogP contribution in [0.4, 0.5) is 0 Å². The normalized spacial score (nSPS) is 16.3. The van der Waals surface area contributed by atoms with Crippen molar-refractivity contribution >= 4 is 11.9 Å². The van der Waals surface area contributed by atoms with Gasteiger partial charge in [-0.1, -0.05) is 0 Å². The molecule has 0 spiro atoms. The lowest BCUT2D eigenvalue weighted by Crippen LogP contribution is -2.39. The van der Waals surface area contributed by atoms with Gasteiger partial charge < -0.3 is 14.6 Å². The van der Waals surface area contributed by atoms with Crippen molar-refractivity contribution in [3.05, 3.63) is 18.2 Å². The Labute approximate surface area is 105 Å². The minimum absolute atomic E-state index is 0.177. The lowest BCUT2D eigenvalue weighted by atomic mass is 10.1. The summed E-state index contributed by atoms with van der Waals surface area (Å²) in [6.07, 6.45) is 5.38. The fourth-order valence-corrected chi connectivity index (χ4v) is 1.83. The zero-order chi connectivity index (χ0) is 13.3. The van der Waals surface area contributed by atoms with E-state index < -0.39 is 11.9 Å². The van der Waals surface area contributed by atoms with Gasteiger partial charge in [0.05, 0.1) is 6.54 Å². The van der Waals surface area contributed by atoms with Gasteiger partial charge in [0.1, 0.15) is 11.7 Å². The van der Waals surface area contributed by atoms with Crippen LogP contribution in [-0.4, -0.2) is 37.5 Å². The summed E-state index contributed by atoms with van der Waals surface area (Å²) in [7, 11) is 1.86. The van der Waals surface area contributed by atoms with Gasteiger partial charge >= 0.3 is 5.97 Å². The standard InChI is InChI=1S/C12H17N3O3/c1-8(12(17)18)11(16)15(9-3-4-9)7-10-13-5-6-14(10)2/h5-6,8-9H,3-4,7H2,1-2H3,(H,17,18). The zero-order valence-corrected chi connectivity index (χ0v) is 10.5. The molecule has 1 N–H and O–H groups in total. The van der Waals surface area contributed by atoms with Crippen molar-refractivity contribution < 1.29 is 14.7 Å². The molecule has 6 heteroatoms. The van der Waals surface area contributed by atoms with E-state index in [1.165, 1.54) is 6.92 Å². The molecule has 0 saturated heterocycles. The Morgan fingerprint density at radius 3 is 2.72 bits per heavy atom. The molecule has 1 fully saturated rings. The summed E-state index contributed by atoms with van der Waals surface area (Å²) in [4.78, 5) is 28.8. The Kier molecular flexibility index (Phi) is 3.36. The van der Waals surface area contributed by atoms with E-state index in [0.717, 1.165) is 18.7 Å². The number of carbonyl (C=O) groups excluding carboxylic acids is 1. The second-order valence-electron chi connectivity index (χ2n) is 4.71. The number of nitrogens with zero attached hydrogens (tertiary/aromatic N) is 3. The van der Waals surface area contributed by atoms with Gasteiger partial charge in [-0.2, -0.15) is 0 Å². The summed E-state index contributed by atoms with van der Waals surface area (Å²) >= 11 is 0. The molecule has 0 radical (unpaired) electrons. The highest BCUT2D eigenvalue weighted by Crippen LogP contribution is 2.29. The lowest BCUT2D eigenvalue weighted by molar-refractivity contribution is -0.150. The van der Waals surface area contributed by atoms with E-state index >= 15 is 0 Å². The van der Waals surface area contributed by atoms with E-state index in [0.29, 0.717) is 6.54 Å². The third-order valence-electron chi connectivity index (χ3n) is 3.24. The number of carboxylic acid groups (broad SMARTS) is 1. The fraction of sp³-hybridized carbons (Fsp3) is 0.583. The Morgan fingerprint density at radius 1 is 1.61 bits per heavy atom. The van der Waals surface area contributed by atoms with Crippen molar-refractivity contribution in [3.63, 3.8) is 0 Å². The van der Waals surface area contributed by atoms with Gasteiger partial charge in [-0.25, -0.2) is 4.98 Å². The van der Waals surface area contributed by atoms with Gasteiger partial charge in [0, 0.05) is 25.5 Å². The van der Waals surface area contributed by atoms with Gasteiger partial charge in [0.25, 0.3) is 0 Å². The summed E-state index contributed by atoms with van der Waals surface area (Å²) in [5.41, 5.74) is 0. The van der Waals surface area contributed by atoms with Crippen LogP contribution in [0.25, 0.3) is 0 Å². The van der Waals surface area contributed by atoms with Gasteiger partial charge in [0.15, 0.2) is 0 Å². The van der Waals surface area contributed by atoms with Crippen LogP contribution < -0.4 is 0 Å². The van der Waals surface area contributed by atoms with Crippen LogP contribution in [0.5, 0.6) is 0 Å². The first-order valence-electron chi connectivity index (χ1n) is 6.00. The zero-order valence-electron chi connectivity index (χ0n) is 10.5. The molecule has 98 valence electrons. The highest BCUT2D eigenvalue weighted by molar-refractivity contribution is 5.96. The van der Waals surface area contributed by atoms with Crippen molar-refractivity contribution in [1.29, 1.82) is 0 Å². The van der Waals surface area contributed by atoms with Crippen molar-refractivity contribution in [2.45, 2.75) is 32.4 Å². The molecular formula is C12H17N3O3. The molecule has 0 aliphatic heterocycles. The molecule has 1 aromatic rings. The predicted octanol–water partition coefficient (Wildman–Crippen LogP) is 0.632. The Balaban J connectivity index is 2.11. The van der Waals surface area contributed by atoms with Gasteiger partial charge in [-0.05, 0) is 19.8 Å². The molecule has 1 aliphatic carbocycles. The highest BCUT2D eigenvalue weighted by atomic mass is 16.4. The number of carboxylic acids is 1. The topological polar surface area (TPSA) is 75.4 Å². The number of rotatable bonds is 5. The third-order valence-corrected chi connectivity index (χ3v) is 3.24. The molecule has 0 bridgehead atoms. The highest BCUT2D eigenvalue weighted by Gasteiger charge is 2.37. The smallest absolute Gasteiger partial charge is 0.315 e. The minimum atomic E-state index is -1.08. The van der Waals surface area contributed by atoms with Crippen molar-refractivity contribution in [2.75, 3.05) is 0 Å². The van der Waals surface area contributed by atoms with Gasteiger partial charge in [0.2, 0.25) is 5.91 Å². The monoisotopic (exact) mass is 251 g/mol. The van der Waals surface area contributed by atoms with Crippen LogP contribution in [0.2, 0.25) is 0 Å². The average molecular weight is 251 g/mol. The number of carbonyl (C=O) groups is 2. The lowest BCUT2D eigenvalue weighted by Gasteiger charge is -2.23. The molecule has 1 unspecified atom stereocenters. The first-order valence-corrected chi connectivity index (χ1v) is 6.00. The molecule has 6 nitrogen and oxygen atoms in total. The molecular weight excluding hydrogens is 234 g/mol. The molecule has 18 heavy (non-hydrogen) atoms. The van der Waals surface area contributed by atoms with Crippen molar-refractivity contribution in [3.8, 4) is 0 Å². The maximum absolute atomic E-state index is 12.1. The number of hydrogen-bond donors (Lipinski definition) is 1. The summed E-state index contributed by atoms with van der Waals surface area (Å²) in [6.45, 7) is 1.81. The van der Waals surface area contributed by atoms with Crippen LogP contribution >= 0.6 is 0 Å². The van der Waals surface area contributed by atoms with Crippen LogP contribution in [0.3, 0.4) is 0 Å². The average Bonchev–Trinajstić information content (AvgIpc) is 3.09. The maximum Gasteiger partial charge on any atom is 0.315 e. The predicted molar refractivity (Wildman–Crippen MR) is 63.6 cm³/mol. The van der Waals surface area contributed by atoms with E-state index in [1.54, 1.807) is 11.1 Å². The first kappa shape index (κ1) is 12.6. The number of aliphatic carboxylic acids is 1. The van der Waals surface area contributed by atoms with Gasteiger partial charge in [-0.3, -0.25) is 9.59 Å². The van der Waals surface area contributed by atoms with Crippen LogP contribution in [0.15, 0.2) is 12.4 Å². The second kappa shape index (κ2) is 4.80. The number of aromatic nitrogens is 2.